The molecule has 0 spiro atoms. The summed E-state index contributed by atoms with van der Waals surface area (Å²) < 4.78 is 6.35. The molecule has 0 N–H and O–H groups in total. The molecular formula is C23H21N3O2S2. The molecule has 4 rings (SSSR count). The van der Waals surface area contributed by atoms with Crippen molar-refractivity contribution in [3.8, 4) is 5.75 Å². The number of rotatable bonds is 5. The lowest BCUT2D eigenvalue weighted by Crippen LogP contribution is -2.24. The van der Waals surface area contributed by atoms with Gasteiger partial charge in [-0.05, 0) is 55.3 Å². The topological polar surface area (TPSA) is 55.3 Å². The first-order chi connectivity index (χ1) is 14.5. The molecule has 0 bridgehead atoms. The van der Waals surface area contributed by atoms with Crippen LogP contribution in [0.3, 0.4) is 0 Å². The molecule has 5 nitrogen and oxygen atoms in total. The standard InChI is InChI=1S/C23H21N3O2S2/c1-14-6-5-7-15(2)22(14)26(16(3)27)23-24-17(13-29-23)8-11-21-25-19-10-9-18(28-4)12-20(19)30-21/h5-13H,1-4H3. The van der Waals surface area contributed by atoms with Crippen molar-refractivity contribution in [3.05, 3.63) is 63.6 Å². The Morgan fingerprint density at radius 1 is 1.10 bits per heavy atom. The second kappa shape index (κ2) is 8.38. The second-order valence-electron chi connectivity index (χ2n) is 6.87. The lowest BCUT2D eigenvalue weighted by molar-refractivity contribution is -0.115. The van der Waals surface area contributed by atoms with E-state index in [0.29, 0.717) is 5.13 Å². The summed E-state index contributed by atoms with van der Waals surface area (Å²) in [7, 11) is 1.66. The number of amides is 1. The van der Waals surface area contributed by atoms with Crippen molar-refractivity contribution < 1.29 is 9.53 Å². The highest BCUT2D eigenvalue weighted by Gasteiger charge is 2.21. The maximum atomic E-state index is 12.4. The Labute approximate surface area is 183 Å². The van der Waals surface area contributed by atoms with Gasteiger partial charge in [-0.15, -0.1) is 22.7 Å². The Morgan fingerprint density at radius 2 is 1.87 bits per heavy atom. The summed E-state index contributed by atoms with van der Waals surface area (Å²) in [6, 6.07) is 11.9. The van der Waals surface area contributed by atoms with E-state index in [1.54, 1.807) is 30.3 Å². The highest BCUT2D eigenvalue weighted by atomic mass is 32.1. The van der Waals surface area contributed by atoms with E-state index in [2.05, 4.69) is 9.97 Å². The highest BCUT2D eigenvalue weighted by Crippen LogP contribution is 2.34. The van der Waals surface area contributed by atoms with Crippen molar-refractivity contribution in [3.63, 3.8) is 0 Å². The van der Waals surface area contributed by atoms with Gasteiger partial charge in [0.25, 0.3) is 0 Å². The average Bonchev–Trinajstić information content (AvgIpc) is 3.34. The molecule has 2 aromatic carbocycles. The zero-order chi connectivity index (χ0) is 21.3. The maximum Gasteiger partial charge on any atom is 0.230 e. The Hall–Kier alpha value is -3.03. The summed E-state index contributed by atoms with van der Waals surface area (Å²) in [6.07, 6.45) is 3.88. The SMILES string of the molecule is COc1ccc2nc(C=Cc3csc(N(C(C)=O)c4c(C)cccc4C)n3)sc2c1. The van der Waals surface area contributed by atoms with Gasteiger partial charge in [-0.25, -0.2) is 9.97 Å². The van der Waals surface area contributed by atoms with Crippen LogP contribution in [0, 0.1) is 13.8 Å². The van der Waals surface area contributed by atoms with Crippen molar-refractivity contribution in [2.75, 3.05) is 12.0 Å². The molecule has 7 heteroatoms. The summed E-state index contributed by atoms with van der Waals surface area (Å²) in [5.41, 5.74) is 4.72. The van der Waals surface area contributed by atoms with E-state index in [1.807, 2.05) is 67.8 Å². The molecule has 2 heterocycles. The van der Waals surface area contributed by atoms with Gasteiger partial charge in [0.15, 0.2) is 5.13 Å². The van der Waals surface area contributed by atoms with Crippen molar-refractivity contribution in [2.45, 2.75) is 20.8 Å². The Balaban J connectivity index is 1.62. The maximum absolute atomic E-state index is 12.4. The van der Waals surface area contributed by atoms with Gasteiger partial charge in [0, 0.05) is 12.3 Å². The fourth-order valence-corrected chi connectivity index (χ4v) is 5.02. The third kappa shape index (κ3) is 3.99. The van der Waals surface area contributed by atoms with E-state index in [4.69, 9.17) is 4.74 Å². The van der Waals surface area contributed by atoms with Crippen LogP contribution in [0.2, 0.25) is 0 Å². The number of fused-ring (bicyclic) bond motifs is 1. The number of hydrogen-bond acceptors (Lipinski definition) is 6. The van der Waals surface area contributed by atoms with Crippen molar-refractivity contribution in [1.82, 2.24) is 9.97 Å². The predicted octanol–water partition coefficient (Wildman–Crippen LogP) is 6.23. The molecule has 0 aliphatic rings. The normalized spacial score (nSPS) is 11.3. The van der Waals surface area contributed by atoms with Crippen LogP contribution >= 0.6 is 22.7 Å². The molecule has 0 saturated heterocycles. The molecular weight excluding hydrogens is 414 g/mol. The van der Waals surface area contributed by atoms with E-state index in [9.17, 15) is 4.79 Å². The van der Waals surface area contributed by atoms with Crippen LogP contribution in [0.25, 0.3) is 22.4 Å². The molecule has 2 aromatic heterocycles. The summed E-state index contributed by atoms with van der Waals surface area (Å²) in [5, 5.41) is 3.51. The smallest absolute Gasteiger partial charge is 0.230 e. The molecule has 0 saturated carbocycles. The first-order valence-corrected chi connectivity index (χ1v) is 11.1. The fourth-order valence-electron chi connectivity index (χ4n) is 3.28. The van der Waals surface area contributed by atoms with E-state index in [1.165, 1.54) is 11.3 Å². The van der Waals surface area contributed by atoms with Crippen LogP contribution in [0.4, 0.5) is 10.8 Å². The number of benzene rings is 2. The van der Waals surface area contributed by atoms with E-state index in [-0.39, 0.29) is 5.91 Å². The van der Waals surface area contributed by atoms with Gasteiger partial charge >= 0.3 is 0 Å². The summed E-state index contributed by atoms with van der Waals surface area (Å²) >= 11 is 3.05. The second-order valence-corrected chi connectivity index (χ2v) is 8.77. The highest BCUT2D eigenvalue weighted by molar-refractivity contribution is 7.19. The molecule has 0 radical (unpaired) electrons. The first-order valence-electron chi connectivity index (χ1n) is 9.41. The van der Waals surface area contributed by atoms with Crippen LogP contribution in [0.15, 0.2) is 41.8 Å². The van der Waals surface area contributed by atoms with Gasteiger partial charge in [-0.2, -0.15) is 0 Å². The molecule has 0 aliphatic heterocycles. The number of methoxy groups -OCH3 is 1. The average molecular weight is 436 g/mol. The number of carbonyl (C=O) groups is 1. The van der Waals surface area contributed by atoms with Crippen LogP contribution < -0.4 is 9.64 Å². The van der Waals surface area contributed by atoms with Gasteiger partial charge in [-0.1, -0.05) is 18.2 Å². The number of anilines is 2. The number of ether oxygens (including phenoxy) is 1. The number of thiazole rings is 2. The van der Waals surface area contributed by atoms with Crippen LogP contribution in [0.1, 0.15) is 28.8 Å². The summed E-state index contributed by atoms with van der Waals surface area (Å²) in [4.78, 5) is 23.4. The van der Waals surface area contributed by atoms with Crippen molar-refractivity contribution >= 4 is 61.8 Å². The summed E-state index contributed by atoms with van der Waals surface area (Å²) in [6.45, 7) is 5.59. The third-order valence-corrected chi connectivity index (χ3v) is 6.52. The van der Waals surface area contributed by atoms with Gasteiger partial charge in [0.1, 0.15) is 10.8 Å². The van der Waals surface area contributed by atoms with Gasteiger partial charge in [-0.3, -0.25) is 9.69 Å². The van der Waals surface area contributed by atoms with Crippen LogP contribution in [0.5, 0.6) is 5.75 Å². The Bertz CT molecular complexity index is 1240. The third-order valence-electron chi connectivity index (χ3n) is 4.69. The zero-order valence-corrected chi connectivity index (χ0v) is 18.8. The molecule has 0 fully saturated rings. The van der Waals surface area contributed by atoms with Gasteiger partial charge in [0.2, 0.25) is 5.91 Å². The number of carbonyl (C=O) groups excluding carboxylic acids is 1. The minimum absolute atomic E-state index is 0.0580. The number of aryl methyl sites for hydroxylation is 2. The number of nitrogens with zero attached hydrogens (tertiary/aromatic N) is 3. The van der Waals surface area contributed by atoms with Gasteiger partial charge in [0.05, 0.1) is 28.7 Å². The van der Waals surface area contributed by atoms with Crippen molar-refractivity contribution in [2.24, 2.45) is 0 Å². The van der Waals surface area contributed by atoms with E-state index >= 15 is 0 Å². The Kier molecular flexibility index (Phi) is 5.65. The van der Waals surface area contributed by atoms with Crippen LogP contribution in [-0.4, -0.2) is 23.0 Å². The molecule has 0 aliphatic carbocycles. The number of para-hydroxylation sites is 1. The molecule has 0 unspecified atom stereocenters. The number of hydrogen-bond donors (Lipinski definition) is 0. The molecule has 152 valence electrons. The lowest BCUT2D eigenvalue weighted by Gasteiger charge is -2.22. The molecule has 1 amide bonds. The Morgan fingerprint density at radius 3 is 2.57 bits per heavy atom. The molecule has 30 heavy (non-hydrogen) atoms. The van der Waals surface area contributed by atoms with Crippen molar-refractivity contribution in [1.29, 1.82) is 0 Å². The minimum Gasteiger partial charge on any atom is -0.497 e. The number of aromatic nitrogens is 2. The monoisotopic (exact) mass is 435 g/mol. The minimum atomic E-state index is -0.0580. The predicted molar refractivity (Wildman–Crippen MR) is 126 cm³/mol. The van der Waals surface area contributed by atoms with E-state index in [0.717, 1.165) is 43.5 Å². The van der Waals surface area contributed by atoms with Gasteiger partial charge < -0.3 is 4.74 Å². The first kappa shape index (κ1) is 20.3. The molecule has 0 atom stereocenters. The summed E-state index contributed by atoms with van der Waals surface area (Å²) in [5.74, 6) is 0.763. The molecule has 4 aromatic rings. The van der Waals surface area contributed by atoms with E-state index < -0.39 is 0 Å². The largest absolute Gasteiger partial charge is 0.497 e. The fraction of sp³-hybridized carbons (Fsp3) is 0.174. The lowest BCUT2D eigenvalue weighted by atomic mass is 10.1. The quantitative estimate of drug-likeness (QED) is 0.373. The zero-order valence-electron chi connectivity index (χ0n) is 17.2. The van der Waals surface area contributed by atoms with Crippen LogP contribution in [-0.2, 0) is 4.79 Å².